The summed E-state index contributed by atoms with van der Waals surface area (Å²) in [7, 11) is 2.40. The van der Waals surface area contributed by atoms with Crippen molar-refractivity contribution in [3.05, 3.63) is 82.3 Å². The molecule has 4 amide bonds. The average Bonchev–Trinajstić information content (AvgIpc) is 3.80. The summed E-state index contributed by atoms with van der Waals surface area (Å²) in [6, 6.07) is 9.11. The molecule has 6 atom stereocenters. The summed E-state index contributed by atoms with van der Waals surface area (Å²) in [5.41, 5.74) is 2.18. The van der Waals surface area contributed by atoms with Crippen LogP contribution in [0.4, 0.5) is 18.4 Å². The maximum Gasteiger partial charge on any atom is 0.407 e. The number of carbonyl (C=O) groups excluding carboxylic acids is 4. The predicted molar refractivity (Wildman–Crippen MR) is 263 cm³/mol. The van der Waals surface area contributed by atoms with Gasteiger partial charge in [0.25, 0.3) is 0 Å². The number of halogens is 2. The van der Waals surface area contributed by atoms with Crippen LogP contribution in [0.5, 0.6) is 5.75 Å². The lowest BCUT2D eigenvalue weighted by atomic mass is 9.99. The minimum absolute atomic E-state index is 0.0555. The van der Waals surface area contributed by atoms with E-state index in [0.29, 0.717) is 64.5 Å². The first kappa shape index (κ1) is 49.2. The quantitative estimate of drug-likeness (QED) is 0.0864. The highest BCUT2D eigenvalue weighted by Gasteiger charge is 2.52. The van der Waals surface area contributed by atoms with Crippen LogP contribution in [0.2, 0.25) is 0 Å². The van der Waals surface area contributed by atoms with E-state index in [0.717, 1.165) is 52.7 Å². The molecule has 2 aliphatic heterocycles. The van der Waals surface area contributed by atoms with Crippen molar-refractivity contribution in [2.75, 3.05) is 27.3 Å². The molecule has 4 aliphatic rings. The maximum absolute atomic E-state index is 16.8. The van der Waals surface area contributed by atoms with Gasteiger partial charge in [-0.05, 0) is 81.7 Å². The van der Waals surface area contributed by atoms with Gasteiger partial charge in [-0.2, -0.15) is 0 Å². The van der Waals surface area contributed by atoms with E-state index in [9.17, 15) is 19.2 Å². The Bertz CT molecular complexity index is 2960. The van der Waals surface area contributed by atoms with E-state index in [4.69, 9.17) is 14.5 Å². The van der Waals surface area contributed by atoms with Crippen LogP contribution in [0.3, 0.4) is 0 Å². The second-order valence-corrected chi connectivity index (χ2v) is 20.5. The van der Waals surface area contributed by atoms with Crippen LogP contribution in [-0.2, 0) is 25.6 Å². The number of aromatic nitrogens is 6. The summed E-state index contributed by atoms with van der Waals surface area (Å²) >= 11 is 1.60. The van der Waals surface area contributed by atoms with Crippen LogP contribution in [0.1, 0.15) is 113 Å². The second-order valence-electron chi connectivity index (χ2n) is 19.4. The summed E-state index contributed by atoms with van der Waals surface area (Å²) in [6.45, 7) is 11.2. The number of carbonyl (C=O) groups is 4. The highest BCUT2D eigenvalue weighted by molar-refractivity contribution is 7.11. The average molecular weight is 995 g/mol. The Balaban J connectivity index is 0.00000203. The molecule has 17 nitrogen and oxygen atoms in total. The number of fused-ring (bicyclic) bond motifs is 5. The number of ether oxygens (including phenoxy) is 3. The van der Waals surface area contributed by atoms with Crippen LogP contribution in [-0.4, -0.2) is 108 Å². The molecule has 2 aliphatic carbocycles. The van der Waals surface area contributed by atoms with Gasteiger partial charge >= 0.3 is 12.2 Å². The van der Waals surface area contributed by atoms with Crippen LogP contribution < -0.4 is 15.4 Å². The smallest absolute Gasteiger partial charge is 0.407 e. The molecule has 0 radical (unpaired) electrons. The van der Waals surface area contributed by atoms with Gasteiger partial charge in [-0.3, -0.25) is 14.2 Å². The van der Waals surface area contributed by atoms with Crippen molar-refractivity contribution in [3.63, 3.8) is 0 Å². The molecule has 376 valence electrons. The van der Waals surface area contributed by atoms with Gasteiger partial charge in [0, 0.05) is 41.2 Å². The summed E-state index contributed by atoms with van der Waals surface area (Å²) < 4.78 is 50.5. The number of nitrogens with one attached hydrogen (secondary N) is 4. The van der Waals surface area contributed by atoms with E-state index in [-0.39, 0.29) is 42.9 Å². The summed E-state index contributed by atoms with van der Waals surface area (Å²) in [6.07, 6.45) is 7.76. The molecule has 10 rings (SSSR count). The van der Waals surface area contributed by atoms with E-state index in [1.165, 1.54) is 33.4 Å². The van der Waals surface area contributed by atoms with Crippen molar-refractivity contribution in [2.45, 2.75) is 116 Å². The monoisotopic (exact) mass is 994 g/mol. The number of alkyl carbamates (subject to hydrolysis) is 2. The van der Waals surface area contributed by atoms with Gasteiger partial charge in [-0.15, -0.1) is 11.3 Å². The minimum Gasteiger partial charge on any atom is -0.464 e. The van der Waals surface area contributed by atoms with E-state index < -0.39 is 41.8 Å². The third-order valence-corrected chi connectivity index (χ3v) is 14.9. The molecule has 71 heavy (non-hydrogen) atoms. The number of thiazole rings is 1. The Kier molecular flexibility index (Phi) is 13.7. The SMILES string of the molecule is CCC.COC(=O)NCC(=O)N1CCCC1c1ncc(-c2cc(F)c3c(c2)OC(c2cnc(C4CC4)s2)n2c-3cc3cc(-c4cnc(CN(C(=O)C(NC(=O)OC)C(C)(C)F)C5C(C)[C@H]5C)[nH]4)ccc32)[nH]1. The zero-order valence-electron chi connectivity index (χ0n) is 41.1. The second kappa shape index (κ2) is 19.8. The molecule has 3 fully saturated rings. The number of hydrogen-bond donors (Lipinski definition) is 4. The number of methoxy groups -OCH3 is 2. The number of amides is 4. The molecule has 2 saturated carbocycles. The first-order valence-corrected chi connectivity index (χ1v) is 25.0. The number of imidazole rings is 2. The van der Waals surface area contributed by atoms with Gasteiger partial charge < -0.3 is 44.6 Å². The third-order valence-electron chi connectivity index (χ3n) is 13.7. The number of benzene rings is 2. The maximum atomic E-state index is 16.8. The van der Waals surface area contributed by atoms with Crippen LogP contribution >= 0.6 is 11.3 Å². The third kappa shape index (κ3) is 9.82. The molecule has 2 aromatic carbocycles. The number of alkyl halides is 1. The lowest BCUT2D eigenvalue weighted by Gasteiger charge is -2.32. The molecule has 4 aromatic heterocycles. The summed E-state index contributed by atoms with van der Waals surface area (Å²) in [5.74, 6) is 0.792. The molecule has 0 bridgehead atoms. The van der Waals surface area contributed by atoms with Gasteiger partial charge in [0.2, 0.25) is 18.0 Å². The van der Waals surface area contributed by atoms with E-state index in [2.05, 4.69) is 49.2 Å². The molecule has 0 spiro atoms. The molecule has 5 unspecified atom stereocenters. The molecular formula is C51H60F2N10O7S. The lowest BCUT2D eigenvalue weighted by Crippen LogP contribution is -2.57. The predicted octanol–water partition coefficient (Wildman–Crippen LogP) is 9.39. The lowest BCUT2D eigenvalue weighted by molar-refractivity contribution is -0.138. The Hall–Kier alpha value is -6.83. The molecule has 6 heterocycles. The van der Waals surface area contributed by atoms with Crippen molar-refractivity contribution < 1.29 is 42.2 Å². The van der Waals surface area contributed by atoms with E-state index in [1.807, 2.05) is 54.9 Å². The first-order chi connectivity index (χ1) is 34.0. The fraction of sp³-hybridized carbons (Fsp3) is 0.471. The number of hydrogen-bond acceptors (Lipinski definition) is 11. The minimum atomic E-state index is -2.08. The summed E-state index contributed by atoms with van der Waals surface area (Å²) in [5, 5.41) is 6.71. The van der Waals surface area contributed by atoms with Gasteiger partial charge in [0.05, 0.1) is 77.2 Å². The number of H-pyrrole nitrogens is 2. The van der Waals surface area contributed by atoms with Crippen molar-refractivity contribution in [1.82, 2.24) is 49.9 Å². The van der Waals surface area contributed by atoms with Gasteiger partial charge in [0.15, 0.2) is 0 Å². The Morgan fingerprint density at radius 1 is 0.944 bits per heavy atom. The molecule has 20 heteroatoms. The number of aromatic amines is 2. The Morgan fingerprint density at radius 2 is 1.66 bits per heavy atom. The topological polar surface area (TPSA) is 202 Å². The van der Waals surface area contributed by atoms with Gasteiger partial charge in [-0.25, -0.2) is 33.3 Å². The molecule has 6 aromatic rings. The van der Waals surface area contributed by atoms with Crippen LogP contribution in [0.15, 0.2) is 55.0 Å². The molecule has 1 saturated heterocycles. The van der Waals surface area contributed by atoms with Crippen molar-refractivity contribution in [1.29, 1.82) is 0 Å². The van der Waals surface area contributed by atoms with E-state index in [1.54, 1.807) is 33.5 Å². The fourth-order valence-corrected chi connectivity index (χ4v) is 10.8. The highest BCUT2D eigenvalue weighted by atomic mass is 32.1. The number of nitrogens with zero attached hydrogens (tertiary/aromatic N) is 6. The zero-order chi connectivity index (χ0) is 50.5. The number of rotatable bonds is 13. The van der Waals surface area contributed by atoms with Gasteiger partial charge in [-0.1, -0.05) is 40.2 Å². The van der Waals surface area contributed by atoms with Crippen LogP contribution in [0, 0.1) is 17.7 Å². The molecular weight excluding hydrogens is 935 g/mol. The largest absolute Gasteiger partial charge is 0.464 e. The first-order valence-electron chi connectivity index (χ1n) is 24.2. The Morgan fingerprint density at radius 3 is 2.35 bits per heavy atom. The number of likely N-dealkylation sites (tertiary alicyclic amines) is 1. The fourth-order valence-electron chi connectivity index (χ4n) is 9.70. The Labute approximate surface area is 414 Å². The van der Waals surface area contributed by atoms with Crippen molar-refractivity contribution in [2.24, 2.45) is 11.8 Å². The molecule has 4 N–H and O–H groups in total. The van der Waals surface area contributed by atoms with Crippen molar-refractivity contribution >= 4 is 46.2 Å². The standard InChI is InChI=1S/C48H52F2N10O7S.C3H8/c1-23-24(2)40(23)59(44(62)41(48(3,4)50)57-47(64)66-6)22-37-51-18-30(55-37)26-11-12-32-28(14-26)16-34-39-29(49)15-27(17-35(39)67-45(60(32)34)36-20-53-43(68-36)25-9-10-25)31-19-52-42(56-31)33-8-7-13-58(33)38(61)21-54-46(63)65-5;1-3-2/h11-12,14-20,23-25,33,40-41,45H,7-10,13,21-22H2,1-6H3,(H,51,55)(H,52,56)(H,54,63)(H,57,64);3H2,1-2H3/t23-,24?,33?,40?,41?,45?;/m1./s1. The van der Waals surface area contributed by atoms with Gasteiger partial charge in [0.1, 0.15) is 41.5 Å². The zero-order valence-corrected chi connectivity index (χ0v) is 41.9. The normalized spacial score (nSPS) is 20.5. The highest BCUT2D eigenvalue weighted by Crippen LogP contribution is 2.50. The van der Waals surface area contributed by atoms with Crippen molar-refractivity contribution in [3.8, 4) is 39.5 Å². The summed E-state index contributed by atoms with van der Waals surface area (Å²) in [4.78, 5) is 75.8. The van der Waals surface area contributed by atoms with Crippen LogP contribution in [0.25, 0.3) is 44.7 Å². The van der Waals surface area contributed by atoms with E-state index >= 15 is 8.78 Å².